The lowest BCUT2D eigenvalue weighted by Crippen LogP contribution is -2.52. The molecule has 0 bridgehead atoms. The van der Waals surface area contributed by atoms with E-state index in [1.54, 1.807) is 0 Å². The van der Waals surface area contributed by atoms with Crippen LogP contribution in [0.4, 0.5) is 0 Å². The number of sulfone groups is 1. The van der Waals surface area contributed by atoms with Crippen LogP contribution < -0.4 is 5.32 Å². The van der Waals surface area contributed by atoms with E-state index < -0.39 is 15.9 Å². The molecule has 2 fully saturated rings. The molecular weight excluding hydrogens is 390 g/mol. The Hall–Kier alpha value is -1.93. The van der Waals surface area contributed by atoms with Gasteiger partial charge in [-0.2, -0.15) is 0 Å². The van der Waals surface area contributed by atoms with Crippen LogP contribution in [-0.4, -0.2) is 73.8 Å². The maximum Gasteiger partial charge on any atom is 0.242 e. The molecule has 2 aliphatic rings. The number of nitrogens with zero attached hydrogens (tertiary/aromatic N) is 2. The highest BCUT2D eigenvalue weighted by molar-refractivity contribution is 7.91. The van der Waals surface area contributed by atoms with E-state index in [0.29, 0.717) is 26.2 Å². The van der Waals surface area contributed by atoms with E-state index in [0.717, 1.165) is 18.4 Å². The summed E-state index contributed by atoms with van der Waals surface area (Å²) in [7, 11) is -3.02. The molecule has 0 aromatic heterocycles. The molecule has 1 atom stereocenters. The second-order valence-electron chi connectivity index (χ2n) is 8.26. The van der Waals surface area contributed by atoms with E-state index in [-0.39, 0.29) is 35.3 Å². The SMILES string of the molecule is CC(C)C(=O)N1CCC(NC(=O)C(c2ccccc2)N2CCS(=O)(=O)CC2)CC1. The van der Waals surface area contributed by atoms with Gasteiger partial charge in [-0.25, -0.2) is 8.42 Å². The second kappa shape index (κ2) is 9.26. The number of carbonyl (C=O) groups excluding carboxylic acids is 2. The van der Waals surface area contributed by atoms with Gasteiger partial charge >= 0.3 is 0 Å². The summed E-state index contributed by atoms with van der Waals surface area (Å²) in [6.45, 7) is 5.83. The van der Waals surface area contributed by atoms with Crippen LogP contribution in [0.5, 0.6) is 0 Å². The van der Waals surface area contributed by atoms with Gasteiger partial charge in [0.25, 0.3) is 0 Å². The Kier molecular flexibility index (Phi) is 6.95. The first-order valence-electron chi connectivity index (χ1n) is 10.4. The standard InChI is InChI=1S/C21H31N3O4S/c1-16(2)21(26)24-10-8-18(9-11-24)22-20(25)19(17-6-4-3-5-7-17)23-12-14-29(27,28)15-13-23/h3-7,16,18-19H,8-15H2,1-2H3,(H,22,25). The topological polar surface area (TPSA) is 86.8 Å². The summed E-state index contributed by atoms with van der Waals surface area (Å²) in [4.78, 5) is 29.2. The van der Waals surface area contributed by atoms with Gasteiger partial charge < -0.3 is 10.2 Å². The molecule has 2 aliphatic heterocycles. The largest absolute Gasteiger partial charge is 0.352 e. The molecule has 1 N–H and O–H groups in total. The van der Waals surface area contributed by atoms with E-state index in [2.05, 4.69) is 5.32 Å². The van der Waals surface area contributed by atoms with Crippen LogP contribution in [0.25, 0.3) is 0 Å². The third kappa shape index (κ3) is 5.57. The Morgan fingerprint density at radius 2 is 1.59 bits per heavy atom. The maximum atomic E-state index is 13.2. The second-order valence-corrected chi connectivity index (χ2v) is 10.6. The number of benzene rings is 1. The number of hydrogen-bond acceptors (Lipinski definition) is 5. The Bertz CT molecular complexity index is 804. The first-order chi connectivity index (χ1) is 13.8. The average molecular weight is 422 g/mol. The number of rotatable bonds is 5. The monoisotopic (exact) mass is 421 g/mol. The van der Waals surface area contributed by atoms with E-state index >= 15 is 0 Å². The normalized spacial score (nSPS) is 21.7. The minimum atomic E-state index is -3.02. The summed E-state index contributed by atoms with van der Waals surface area (Å²) in [5.41, 5.74) is 0.872. The van der Waals surface area contributed by atoms with Crippen molar-refractivity contribution in [3.63, 3.8) is 0 Å². The summed E-state index contributed by atoms with van der Waals surface area (Å²) < 4.78 is 23.6. The molecule has 2 amide bonds. The highest BCUT2D eigenvalue weighted by Gasteiger charge is 2.34. The van der Waals surface area contributed by atoms with E-state index in [4.69, 9.17) is 0 Å². The predicted octanol–water partition coefficient (Wildman–Crippen LogP) is 1.22. The number of piperidine rings is 1. The van der Waals surface area contributed by atoms with Crippen LogP contribution in [0.2, 0.25) is 0 Å². The molecule has 0 saturated carbocycles. The fraction of sp³-hybridized carbons (Fsp3) is 0.619. The Balaban J connectivity index is 1.66. The number of likely N-dealkylation sites (tertiary alicyclic amines) is 1. The summed E-state index contributed by atoms with van der Waals surface area (Å²) >= 11 is 0. The fourth-order valence-electron chi connectivity index (χ4n) is 4.04. The number of carbonyl (C=O) groups is 2. The zero-order valence-corrected chi connectivity index (χ0v) is 18.0. The predicted molar refractivity (Wildman–Crippen MR) is 112 cm³/mol. The fourth-order valence-corrected chi connectivity index (χ4v) is 5.27. The Morgan fingerprint density at radius 1 is 1.00 bits per heavy atom. The van der Waals surface area contributed by atoms with Gasteiger partial charge in [-0.3, -0.25) is 14.5 Å². The molecular formula is C21H31N3O4S. The van der Waals surface area contributed by atoms with Gasteiger partial charge in [-0.15, -0.1) is 0 Å². The van der Waals surface area contributed by atoms with Gasteiger partial charge in [-0.1, -0.05) is 44.2 Å². The highest BCUT2D eigenvalue weighted by atomic mass is 32.2. The van der Waals surface area contributed by atoms with Crippen molar-refractivity contribution in [2.45, 2.75) is 38.8 Å². The lowest BCUT2D eigenvalue weighted by Gasteiger charge is -2.37. The van der Waals surface area contributed by atoms with Crippen LogP contribution >= 0.6 is 0 Å². The molecule has 0 aliphatic carbocycles. The lowest BCUT2D eigenvalue weighted by molar-refractivity contribution is -0.135. The van der Waals surface area contributed by atoms with Gasteiger partial charge in [0, 0.05) is 38.1 Å². The first kappa shape index (κ1) is 21.8. The van der Waals surface area contributed by atoms with E-state index in [9.17, 15) is 18.0 Å². The molecule has 3 rings (SSSR count). The number of hydrogen-bond donors (Lipinski definition) is 1. The zero-order valence-electron chi connectivity index (χ0n) is 17.2. The minimum absolute atomic E-state index is 0.0148. The molecule has 2 saturated heterocycles. The molecule has 1 aromatic carbocycles. The maximum absolute atomic E-state index is 13.2. The third-order valence-corrected chi connectivity index (χ3v) is 7.36. The van der Waals surface area contributed by atoms with Gasteiger partial charge in [0.2, 0.25) is 11.8 Å². The molecule has 0 radical (unpaired) electrons. The zero-order chi connectivity index (χ0) is 21.0. The molecule has 1 unspecified atom stereocenters. The molecule has 0 spiro atoms. The molecule has 29 heavy (non-hydrogen) atoms. The Morgan fingerprint density at radius 3 is 2.14 bits per heavy atom. The van der Waals surface area contributed by atoms with E-state index in [1.807, 2.05) is 54.0 Å². The van der Waals surface area contributed by atoms with Gasteiger partial charge in [0.1, 0.15) is 6.04 Å². The quantitative estimate of drug-likeness (QED) is 0.773. The molecule has 7 nitrogen and oxygen atoms in total. The summed E-state index contributed by atoms with van der Waals surface area (Å²) in [6.07, 6.45) is 1.47. The van der Waals surface area contributed by atoms with Crippen molar-refractivity contribution in [3.05, 3.63) is 35.9 Å². The smallest absolute Gasteiger partial charge is 0.242 e. The van der Waals surface area contributed by atoms with Crippen molar-refractivity contribution in [2.24, 2.45) is 5.92 Å². The van der Waals surface area contributed by atoms with Crippen LogP contribution in [0.15, 0.2) is 30.3 Å². The lowest BCUT2D eigenvalue weighted by atomic mass is 10.0. The highest BCUT2D eigenvalue weighted by Crippen LogP contribution is 2.24. The van der Waals surface area contributed by atoms with Crippen molar-refractivity contribution < 1.29 is 18.0 Å². The molecule has 2 heterocycles. The van der Waals surface area contributed by atoms with Gasteiger partial charge in [-0.05, 0) is 18.4 Å². The van der Waals surface area contributed by atoms with Crippen LogP contribution in [-0.2, 0) is 19.4 Å². The van der Waals surface area contributed by atoms with Crippen LogP contribution in [0.1, 0.15) is 38.3 Å². The first-order valence-corrected chi connectivity index (χ1v) is 12.2. The molecule has 8 heteroatoms. The number of nitrogens with one attached hydrogen (secondary N) is 1. The van der Waals surface area contributed by atoms with Crippen molar-refractivity contribution in [1.82, 2.24) is 15.1 Å². The average Bonchev–Trinajstić information content (AvgIpc) is 2.70. The summed E-state index contributed by atoms with van der Waals surface area (Å²) in [5, 5.41) is 3.16. The van der Waals surface area contributed by atoms with Gasteiger partial charge in [0.15, 0.2) is 9.84 Å². The van der Waals surface area contributed by atoms with Crippen LogP contribution in [0.3, 0.4) is 0 Å². The summed E-state index contributed by atoms with van der Waals surface area (Å²) in [6, 6.07) is 9.05. The van der Waals surface area contributed by atoms with Gasteiger partial charge in [0.05, 0.1) is 11.5 Å². The van der Waals surface area contributed by atoms with Crippen molar-refractivity contribution in [1.29, 1.82) is 0 Å². The molecule has 160 valence electrons. The number of amides is 2. The van der Waals surface area contributed by atoms with E-state index in [1.165, 1.54) is 0 Å². The third-order valence-electron chi connectivity index (χ3n) is 5.75. The minimum Gasteiger partial charge on any atom is -0.352 e. The summed E-state index contributed by atoms with van der Waals surface area (Å²) in [5.74, 6) is 0.216. The van der Waals surface area contributed by atoms with Crippen molar-refractivity contribution >= 4 is 21.7 Å². The van der Waals surface area contributed by atoms with Crippen molar-refractivity contribution in [2.75, 3.05) is 37.7 Å². The Labute approximate surface area is 173 Å². The van der Waals surface area contributed by atoms with Crippen molar-refractivity contribution in [3.8, 4) is 0 Å². The van der Waals surface area contributed by atoms with Crippen LogP contribution in [0, 0.1) is 5.92 Å². The molecule has 1 aromatic rings.